The van der Waals surface area contributed by atoms with Crippen LogP contribution in [0.1, 0.15) is 31.4 Å². The topological polar surface area (TPSA) is 48.1 Å². The van der Waals surface area contributed by atoms with E-state index in [9.17, 15) is 0 Å². The molecule has 0 amide bonds. The first-order chi connectivity index (χ1) is 14.1. The van der Waals surface area contributed by atoms with Crippen LogP contribution in [0.15, 0.2) is 57.9 Å². The number of aryl methyl sites for hydroxylation is 1. The second-order valence-corrected chi connectivity index (χ2v) is 8.04. The SMILES string of the molecule is COc1ccc(-c2csc(=NC(C)C)n2N=C2CCc3ccccc32)c(OC)c1. The zero-order valence-electron chi connectivity index (χ0n) is 17.2. The molecule has 0 aliphatic heterocycles. The number of benzene rings is 2. The molecule has 0 radical (unpaired) electrons. The van der Waals surface area contributed by atoms with Gasteiger partial charge in [-0.05, 0) is 44.4 Å². The fourth-order valence-corrected chi connectivity index (χ4v) is 4.49. The zero-order valence-corrected chi connectivity index (χ0v) is 18.0. The minimum absolute atomic E-state index is 0.182. The molecular weight excluding hydrogens is 382 g/mol. The van der Waals surface area contributed by atoms with Gasteiger partial charge in [-0.15, -0.1) is 11.3 Å². The Morgan fingerprint density at radius 3 is 2.59 bits per heavy atom. The Bertz CT molecular complexity index is 1130. The monoisotopic (exact) mass is 407 g/mol. The average molecular weight is 408 g/mol. The van der Waals surface area contributed by atoms with Crippen LogP contribution in [0.2, 0.25) is 0 Å². The number of hydrogen-bond donors (Lipinski definition) is 0. The predicted octanol–water partition coefficient (Wildman–Crippen LogP) is 4.74. The highest BCUT2D eigenvalue weighted by Gasteiger charge is 2.19. The van der Waals surface area contributed by atoms with Crippen molar-refractivity contribution in [3.8, 4) is 22.8 Å². The van der Waals surface area contributed by atoms with Crippen molar-refractivity contribution in [3.05, 3.63) is 63.8 Å². The van der Waals surface area contributed by atoms with Gasteiger partial charge in [0.1, 0.15) is 11.5 Å². The van der Waals surface area contributed by atoms with Crippen LogP contribution in [0.3, 0.4) is 0 Å². The van der Waals surface area contributed by atoms with Gasteiger partial charge in [0.15, 0.2) is 0 Å². The Balaban J connectivity index is 1.90. The molecule has 0 saturated heterocycles. The number of hydrogen-bond acceptors (Lipinski definition) is 5. The first-order valence-corrected chi connectivity index (χ1v) is 10.6. The van der Waals surface area contributed by atoms with E-state index in [1.807, 2.05) is 22.9 Å². The molecule has 0 N–H and O–H groups in total. The van der Waals surface area contributed by atoms with Crippen molar-refractivity contribution >= 4 is 17.0 Å². The molecule has 1 aromatic heterocycles. The lowest BCUT2D eigenvalue weighted by Crippen LogP contribution is -2.16. The maximum absolute atomic E-state index is 5.65. The van der Waals surface area contributed by atoms with Gasteiger partial charge in [-0.3, -0.25) is 4.99 Å². The first kappa shape index (κ1) is 19.5. The van der Waals surface area contributed by atoms with Crippen LogP contribution in [0, 0.1) is 0 Å². The van der Waals surface area contributed by atoms with Crippen LogP contribution in [-0.4, -0.2) is 30.6 Å². The van der Waals surface area contributed by atoms with Gasteiger partial charge in [0.2, 0.25) is 4.80 Å². The Morgan fingerprint density at radius 2 is 1.83 bits per heavy atom. The summed E-state index contributed by atoms with van der Waals surface area (Å²) in [5.41, 5.74) is 5.61. The number of fused-ring (bicyclic) bond motifs is 1. The Hall–Kier alpha value is -2.86. The van der Waals surface area contributed by atoms with Crippen LogP contribution >= 0.6 is 11.3 Å². The Morgan fingerprint density at radius 1 is 1.00 bits per heavy atom. The summed E-state index contributed by atoms with van der Waals surface area (Å²) in [6.45, 7) is 4.16. The normalized spacial score (nSPS) is 15.2. The van der Waals surface area contributed by atoms with E-state index in [1.165, 1.54) is 11.1 Å². The lowest BCUT2D eigenvalue weighted by atomic mass is 10.1. The highest BCUT2D eigenvalue weighted by Crippen LogP contribution is 2.34. The summed E-state index contributed by atoms with van der Waals surface area (Å²) in [7, 11) is 3.33. The van der Waals surface area contributed by atoms with Crippen LogP contribution < -0.4 is 14.3 Å². The van der Waals surface area contributed by atoms with Gasteiger partial charge in [0.25, 0.3) is 0 Å². The zero-order chi connectivity index (χ0) is 20.4. The first-order valence-electron chi connectivity index (χ1n) is 9.73. The van der Waals surface area contributed by atoms with E-state index in [0.29, 0.717) is 0 Å². The number of nitrogens with zero attached hydrogens (tertiary/aromatic N) is 3. The highest BCUT2D eigenvalue weighted by molar-refractivity contribution is 7.07. The number of ether oxygens (including phenoxy) is 2. The molecule has 0 spiro atoms. The fraction of sp³-hybridized carbons (Fsp3) is 0.304. The molecule has 0 saturated carbocycles. The van der Waals surface area contributed by atoms with Gasteiger partial charge in [-0.1, -0.05) is 24.3 Å². The van der Waals surface area contributed by atoms with E-state index in [0.717, 1.165) is 46.1 Å². The molecule has 29 heavy (non-hydrogen) atoms. The summed E-state index contributed by atoms with van der Waals surface area (Å²) in [4.78, 5) is 5.68. The summed E-state index contributed by atoms with van der Waals surface area (Å²) in [5.74, 6) is 1.51. The van der Waals surface area contributed by atoms with Crippen LogP contribution in [0.4, 0.5) is 0 Å². The van der Waals surface area contributed by atoms with Crippen molar-refractivity contribution in [2.75, 3.05) is 14.2 Å². The largest absolute Gasteiger partial charge is 0.497 e. The number of methoxy groups -OCH3 is 2. The third-order valence-electron chi connectivity index (χ3n) is 4.92. The van der Waals surface area contributed by atoms with Crippen molar-refractivity contribution in [1.82, 2.24) is 4.68 Å². The number of thiazole rings is 1. The third kappa shape index (κ3) is 3.85. The van der Waals surface area contributed by atoms with Gasteiger partial charge in [0, 0.05) is 28.6 Å². The lowest BCUT2D eigenvalue weighted by Gasteiger charge is -2.11. The van der Waals surface area contributed by atoms with Crippen LogP contribution in [-0.2, 0) is 6.42 Å². The lowest BCUT2D eigenvalue weighted by molar-refractivity contribution is 0.395. The second kappa shape index (κ2) is 8.25. The maximum Gasteiger partial charge on any atom is 0.206 e. The summed E-state index contributed by atoms with van der Waals surface area (Å²) in [6.07, 6.45) is 1.96. The molecule has 1 heterocycles. The molecule has 1 aliphatic carbocycles. The molecule has 0 unspecified atom stereocenters. The standard InChI is InChI=1S/C23H25N3O2S/c1-15(2)24-23-26(25-20-12-9-16-7-5-6-8-18(16)20)21(14-29-23)19-11-10-17(27-3)13-22(19)28-4/h5-8,10-11,13-15H,9,12H2,1-4H3. The number of aromatic nitrogens is 1. The summed E-state index contributed by atoms with van der Waals surface area (Å²) < 4.78 is 13.0. The summed E-state index contributed by atoms with van der Waals surface area (Å²) in [6, 6.07) is 14.5. The summed E-state index contributed by atoms with van der Waals surface area (Å²) in [5, 5.41) is 7.16. The van der Waals surface area contributed by atoms with E-state index in [2.05, 4.69) is 43.5 Å². The minimum atomic E-state index is 0.182. The van der Waals surface area contributed by atoms with Gasteiger partial charge < -0.3 is 9.47 Å². The molecule has 0 atom stereocenters. The average Bonchev–Trinajstić information content (AvgIpc) is 3.32. The molecule has 1 aliphatic rings. The van der Waals surface area contributed by atoms with E-state index >= 15 is 0 Å². The van der Waals surface area contributed by atoms with Gasteiger partial charge in [-0.2, -0.15) is 5.10 Å². The van der Waals surface area contributed by atoms with Crippen molar-refractivity contribution in [2.24, 2.45) is 10.1 Å². The summed E-state index contributed by atoms with van der Waals surface area (Å²) >= 11 is 1.60. The Labute approximate surface area is 175 Å². The van der Waals surface area contributed by atoms with Gasteiger partial charge in [0.05, 0.1) is 25.6 Å². The van der Waals surface area contributed by atoms with Gasteiger partial charge in [-0.25, -0.2) is 4.68 Å². The molecule has 3 aromatic rings. The molecule has 6 heteroatoms. The quantitative estimate of drug-likeness (QED) is 0.613. The highest BCUT2D eigenvalue weighted by atomic mass is 32.1. The molecule has 5 nitrogen and oxygen atoms in total. The smallest absolute Gasteiger partial charge is 0.206 e. The predicted molar refractivity (Wildman–Crippen MR) is 118 cm³/mol. The van der Waals surface area contributed by atoms with Crippen molar-refractivity contribution in [3.63, 3.8) is 0 Å². The molecular formula is C23H25N3O2S. The van der Waals surface area contributed by atoms with Crippen LogP contribution in [0.5, 0.6) is 11.5 Å². The van der Waals surface area contributed by atoms with E-state index in [1.54, 1.807) is 25.6 Å². The molecule has 4 rings (SSSR count). The van der Waals surface area contributed by atoms with E-state index in [4.69, 9.17) is 19.6 Å². The van der Waals surface area contributed by atoms with Crippen molar-refractivity contribution in [2.45, 2.75) is 32.7 Å². The minimum Gasteiger partial charge on any atom is -0.497 e. The van der Waals surface area contributed by atoms with Crippen molar-refractivity contribution < 1.29 is 9.47 Å². The fourth-order valence-electron chi connectivity index (χ4n) is 3.53. The number of rotatable bonds is 5. The van der Waals surface area contributed by atoms with E-state index < -0.39 is 0 Å². The second-order valence-electron chi connectivity index (χ2n) is 7.21. The molecule has 0 fully saturated rings. The maximum atomic E-state index is 5.65. The van der Waals surface area contributed by atoms with Crippen molar-refractivity contribution in [1.29, 1.82) is 0 Å². The molecule has 2 aromatic carbocycles. The van der Waals surface area contributed by atoms with Gasteiger partial charge >= 0.3 is 0 Å². The van der Waals surface area contributed by atoms with Crippen LogP contribution in [0.25, 0.3) is 11.3 Å². The molecule has 150 valence electrons. The third-order valence-corrected chi connectivity index (χ3v) is 5.75. The Kier molecular flexibility index (Phi) is 5.53. The molecule has 0 bridgehead atoms. The van der Waals surface area contributed by atoms with E-state index in [-0.39, 0.29) is 6.04 Å².